The molecule has 19 heavy (non-hydrogen) atoms. The molecule has 0 aromatic heterocycles. The van der Waals surface area contributed by atoms with Crippen molar-refractivity contribution in [3.63, 3.8) is 0 Å². The Hall–Kier alpha value is -1.49. The monoisotopic (exact) mass is 329 g/mol. The predicted molar refractivity (Wildman–Crippen MR) is 72.5 cm³/mol. The molecule has 0 spiro atoms. The van der Waals surface area contributed by atoms with Gasteiger partial charge in [-0.3, -0.25) is 0 Å². The molecule has 5 heteroatoms. The minimum Gasteiger partial charge on any atom is -0.378 e. The molecule has 0 heterocycles. The minimum atomic E-state index is -0.714. The second-order valence-electron chi connectivity index (χ2n) is 4.19. The maximum Gasteiger partial charge on any atom is 0.149 e. The Balaban J connectivity index is 2.19. The van der Waals surface area contributed by atoms with E-state index in [4.69, 9.17) is 0 Å². The highest BCUT2D eigenvalue weighted by Gasteiger charge is 2.09. The maximum atomic E-state index is 13.5. The summed E-state index contributed by atoms with van der Waals surface area (Å²) in [5.41, 5.74) is 1.47. The lowest BCUT2D eigenvalue weighted by molar-refractivity contribution is 0.580. The van der Waals surface area contributed by atoms with Gasteiger partial charge in [0.05, 0.1) is 10.2 Å². The van der Waals surface area contributed by atoms with E-state index in [-0.39, 0.29) is 22.5 Å². The summed E-state index contributed by atoms with van der Waals surface area (Å²) < 4.78 is 40.2. The zero-order chi connectivity index (χ0) is 14.0. The second kappa shape index (κ2) is 5.65. The first-order valence-electron chi connectivity index (χ1n) is 5.61. The van der Waals surface area contributed by atoms with Crippen LogP contribution < -0.4 is 5.32 Å². The molecule has 2 rings (SSSR count). The molecule has 0 radical (unpaired) electrons. The summed E-state index contributed by atoms with van der Waals surface area (Å²) in [5, 5.41) is 2.75. The van der Waals surface area contributed by atoms with E-state index in [1.165, 1.54) is 12.1 Å². The third kappa shape index (κ3) is 3.29. The zero-order valence-electron chi connectivity index (χ0n) is 10.1. The highest BCUT2D eigenvalue weighted by atomic mass is 79.9. The molecular weight excluding hydrogens is 319 g/mol. The fraction of sp³-hybridized carbons (Fsp3) is 0.143. The van der Waals surface area contributed by atoms with E-state index < -0.39 is 11.6 Å². The molecule has 1 N–H and O–H groups in total. The van der Waals surface area contributed by atoms with Crippen molar-refractivity contribution in [2.45, 2.75) is 13.5 Å². The Morgan fingerprint density at radius 2 is 1.74 bits per heavy atom. The number of halogens is 4. The van der Waals surface area contributed by atoms with Crippen LogP contribution >= 0.6 is 15.9 Å². The van der Waals surface area contributed by atoms with Gasteiger partial charge in [-0.2, -0.15) is 0 Å². The van der Waals surface area contributed by atoms with Crippen LogP contribution in [0, 0.1) is 24.4 Å². The number of hydrogen-bond donors (Lipinski definition) is 1. The van der Waals surface area contributed by atoms with Gasteiger partial charge in [-0.05, 0) is 35.0 Å². The lowest BCUT2D eigenvalue weighted by Crippen LogP contribution is -2.04. The molecule has 1 nitrogen and oxygen atoms in total. The van der Waals surface area contributed by atoms with Crippen molar-refractivity contribution in [1.82, 2.24) is 0 Å². The van der Waals surface area contributed by atoms with E-state index in [9.17, 15) is 13.2 Å². The first-order valence-corrected chi connectivity index (χ1v) is 6.40. The summed E-state index contributed by atoms with van der Waals surface area (Å²) in [4.78, 5) is 0. The molecule has 0 saturated heterocycles. The van der Waals surface area contributed by atoms with E-state index in [1.807, 2.05) is 6.92 Å². The topological polar surface area (TPSA) is 12.0 Å². The van der Waals surface area contributed by atoms with Crippen LogP contribution in [0.3, 0.4) is 0 Å². The summed E-state index contributed by atoms with van der Waals surface area (Å²) in [5.74, 6) is -1.75. The average Bonchev–Trinajstić information content (AvgIpc) is 2.36. The van der Waals surface area contributed by atoms with E-state index in [2.05, 4.69) is 21.2 Å². The first kappa shape index (κ1) is 13.9. The number of hydrogen-bond acceptors (Lipinski definition) is 1. The van der Waals surface area contributed by atoms with E-state index in [0.717, 1.165) is 11.6 Å². The Labute approximate surface area is 117 Å². The number of aryl methyl sites for hydroxylation is 1. The molecule has 0 aliphatic carbocycles. The minimum absolute atomic E-state index is 0.120. The van der Waals surface area contributed by atoms with Crippen LogP contribution in [0.5, 0.6) is 0 Å². The highest BCUT2D eigenvalue weighted by molar-refractivity contribution is 9.10. The van der Waals surface area contributed by atoms with Gasteiger partial charge in [0.1, 0.15) is 17.5 Å². The van der Waals surface area contributed by atoms with Crippen LogP contribution in [0.15, 0.2) is 34.8 Å². The van der Waals surface area contributed by atoms with Crippen LogP contribution in [-0.4, -0.2) is 0 Å². The Morgan fingerprint density at radius 3 is 2.47 bits per heavy atom. The molecule has 0 fully saturated rings. The molecule has 0 bridgehead atoms. The van der Waals surface area contributed by atoms with E-state index >= 15 is 0 Å². The van der Waals surface area contributed by atoms with Crippen molar-refractivity contribution in [3.8, 4) is 0 Å². The molecule has 0 aliphatic heterocycles. The van der Waals surface area contributed by atoms with Gasteiger partial charge in [-0.1, -0.05) is 17.7 Å². The summed E-state index contributed by atoms with van der Waals surface area (Å²) >= 11 is 2.98. The summed E-state index contributed by atoms with van der Waals surface area (Å²) in [7, 11) is 0. The largest absolute Gasteiger partial charge is 0.378 e. The lowest BCUT2D eigenvalue weighted by atomic mass is 10.1. The van der Waals surface area contributed by atoms with Crippen LogP contribution in [-0.2, 0) is 6.54 Å². The van der Waals surface area contributed by atoms with Gasteiger partial charge in [0.25, 0.3) is 0 Å². The molecule has 0 unspecified atom stereocenters. The lowest BCUT2D eigenvalue weighted by Gasteiger charge is -2.10. The maximum absolute atomic E-state index is 13.5. The van der Waals surface area contributed by atoms with Gasteiger partial charge in [0.15, 0.2) is 0 Å². The Kier molecular flexibility index (Phi) is 4.14. The van der Waals surface area contributed by atoms with Gasteiger partial charge in [0, 0.05) is 18.2 Å². The van der Waals surface area contributed by atoms with Gasteiger partial charge in [-0.25, -0.2) is 13.2 Å². The molecule has 100 valence electrons. The molecule has 0 saturated carbocycles. The fourth-order valence-electron chi connectivity index (χ4n) is 1.69. The van der Waals surface area contributed by atoms with Crippen LogP contribution in [0.2, 0.25) is 0 Å². The molecular formula is C14H11BrF3N. The second-order valence-corrected chi connectivity index (χ2v) is 5.05. The van der Waals surface area contributed by atoms with Crippen molar-refractivity contribution in [2.24, 2.45) is 0 Å². The standard InChI is InChI=1S/C14H11BrF3N/c1-8-2-3-11(16)9(4-8)7-19-14-5-10(15)12(17)6-13(14)18/h2-6,19H,7H2,1H3. The molecule has 2 aromatic carbocycles. The van der Waals surface area contributed by atoms with Gasteiger partial charge < -0.3 is 5.32 Å². The predicted octanol–water partition coefficient (Wildman–Crippen LogP) is 4.79. The number of anilines is 1. The summed E-state index contributed by atoms with van der Waals surface area (Å²) in [6.45, 7) is 1.97. The van der Waals surface area contributed by atoms with Gasteiger partial charge in [-0.15, -0.1) is 0 Å². The average molecular weight is 330 g/mol. The van der Waals surface area contributed by atoms with E-state index in [1.54, 1.807) is 12.1 Å². The van der Waals surface area contributed by atoms with Crippen LogP contribution in [0.4, 0.5) is 18.9 Å². The summed E-state index contributed by atoms with van der Waals surface area (Å²) in [6.07, 6.45) is 0. The van der Waals surface area contributed by atoms with Gasteiger partial charge >= 0.3 is 0 Å². The smallest absolute Gasteiger partial charge is 0.149 e. The molecule has 0 atom stereocenters. The fourth-order valence-corrected chi connectivity index (χ4v) is 2.03. The first-order chi connectivity index (χ1) is 8.97. The Bertz CT molecular complexity index is 614. The van der Waals surface area contributed by atoms with Crippen molar-refractivity contribution in [2.75, 3.05) is 5.32 Å². The quantitative estimate of drug-likeness (QED) is 0.798. The molecule has 0 aliphatic rings. The van der Waals surface area contributed by atoms with Crippen molar-refractivity contribution in [3.05, 3.63) is 63.4 Å². The van der Waals surface area contributed by atoms with Crippen molar-refractivity contribution >= 4 is 21.6 Å². The van der Waals surface area contributed by atoms with Crippen LogP contribution in [0.25, 0.3) is 0 Å². The third-order valence-corrected chi connectivity index (χ3v) is 3.29. The summed E-state index contributed by atoms with van der Waals surface area (Å²) in [6, 6.07) is 6.77. The van der Waals surface area contributed by atoms with Crippen molar-refractivity contribution in [1.29, 1.82) is 0 Å². The zero-order valence-corrected chi connectivity index (χ0v) is 11.7. The van der Waals surface area contributed by atoms with E-state index in [0.29, 0.717) is 5.56 Å². The van der Waals surface area contributed by atoms with Crippen LogP contribution in [0.1, 0.15) is 11.1 Å². The number of rotatable bonds is 3. The molecule has 0 amide bonds. The molecule has 2 aromatic rings. The number of benzene rings is 2. The SMILES string of the molecule is Cc1ccc(F)c(CNc2cc(Br)c(F)cc2F)c1. The van der Waals surface area contributed by atoms with Crippen molar-refractivity contribution < 1.29 is 13.2 Å². The normalized spacial score (nSPS) is 10.6. The van der Waals surface area contributed by atoms with Gasteiger partial charge in [0.2, 0.25) is 0 Å². The Morgan fingerprint density at radius 1 is 1.00 bits per heavy atom. The highest BCUT2D eigenvalue weighted by Crippen LogP contribution is 2.24. The third-order valence-electron chi connectivity index (χ3n) is 2.68. The number of nitrogens with one attached hydrogen (secondary N) is 1.